The van der Waals surface area contributed by atoms with Crippen molar-refractivity contribution >= 4 is 5.91 Å². The third kappa shape index (κ3) is 5.01. The molecule has 1 amide bonds. The van der Waals surface area contributed by atoms with Crippen molar-refractivity contribution in [3.8, 4) is 17.2 Å². The van der Waals surface area contributed by atoms with Gasteiger partial charge < -0.3 is 24.8 Å². The quantitative estimate of drug-likeness (QED) is 0.754. The summed E-state index contributed by atoms with van der Waals surface area (Å²) >= 11 is 0. The van der Waals surface area contributed by atoms with Crippen molar-refractivity contribution < 1.29 is 19.0 Å². The van der Waals surface area contributed by atoms with Crippen molar-refractivity contribution in [2.24, 2.45) is 0 Å². The third-order valence-corrected chi connectivity index (χ3v) is 4.25. The van der Waals surface area contributed by atoms with Crippen molar-refractivity contribution in [2.45, 2.75) is 52.6 Å². The van der Waals surface area contributed by atoms with Crippen LogP contribution in [0.3, 0.4) is 0 Å². The van der Waals surface area contributed by atoms with Gasteiger partial charge in [0.05, 0.1) is 19.8 Å². The lowest BCUT2D eigenvalue weighted by atomic mass is 9.99. The van der Waals surface area contributed by atoms with Crippen molar-refractivity contribution in [1.29, 1.82) is 0 Å². The fourth-order valence-electron chi connectivity index (χ4n) is 3.01. The number of carbonyl (C=O) groups is 1. The van der Waals surface area contributed by atoms with Crippen LogP contribution in [0, 0.1) is 0 Å². The Bertz CT molecular complexity index is 550. The van der Waals surface area contributed by atoms with Crippen LogP contribution in [0.1, 0.15) is 50.9 Å². The Morgan fingerprint density at radius 3 is 2.24 bits per heavy atom. The average Bonchev–Trinajstić information content (AvgIpc) is 2.60. The van der Waals surface area contributed by atoms with Gasteiger partial charge in [-0.1, -0.05) is 0 Å². The molecule has 1 aromatic rings. The van der Waals surface area contributed by atoms with E-state index in [1.165, 1.54) is 0 Å². The van der Waals surface area contributed by atoms with Crippen LogP contribution in [0.2, 0.25) is 0 Å². The first-order valence-electron chi connectivity index (χ1n) is 9.21. The first-order valence-corrected chi connectivity index (χ1v) is 9.21. The molecule has 6 heteroatoms. The highest BCUT2D eigenvalue weighted by atomic mass is 16.5. The second-order valence-electron chi connectivity index (χ2n) is 6.07. The monoisotopic (exact) mass is 350 g/mol. The minimum atomic E-state index is -0.120. The maximum absolute atomic E-state index is 12.7. The highest BCUT2D eigenvalue weighted by Gasteiger charge is 2.24. The molecule has 0 saturated carbocycles. The Kier molecular flexibility index (Phi) is 7.37. The summed E-state index contributed by atoms with van der Waals surface area (Å²) in [4.78, 5) is 12.7. The molecule has 0 bridgehead atoms. The van der Waals surface area contributed by atoms with E-state index in [9.17, 15) is 4.79 Å². The molecule has 0 aliphatic carbocycles. The maximum atomic E-state index is 12.7. The summed E-state index contributed by atoms with van der Waals surface area (Å²) in [6.45, 7) is 10.3. The van der Waals surface area contributed by atoms with Gasteiger partial charge in [0.15, 0.2) is 11.5 Å². The molecule has 0 aromatic heterocycles. The largest absolute Gasteiger partial charge is 0.490 e. The standard InChI is InChI=1S/C19H30N2O4/c1-5-23-16-11-14(12-17(24-6-2)18(16)25-7-3)19(22)21-15-9-8-10-20-13(15)4/h11-13,15,20H,5-10H2,1-4H3,(H,21,22). The molecule has 140 valence electrons. The van der Waals surface area contributed by atoms with Crippen molar-refractivity contribution in [1.82, 2.24) is 10.6 Å². The number of ether oxygens (including phenoxy) is 3. The molecule has 1 fully saturated rings. The summed E-state index contributed by atoms with van der Waals surface area (Å²) in [6, 6.07) is 3.85. The normalized spacial score (nSPS) is 20.0. The van der Waals surface area contributed by atoms with Gasteiger partial charge in [-0.15, -0.1) is 0 Å². The summed E-state index contributed by atoms with van der Waals surface area (Å²) in [5.74, 6) is 1.51. The zero-order valence-electron chi connectivity index (χ0n) is 15.7. The summed E-state index contributed by atoms with van der Waals surface area (Å²) in [5, 5.41) is 6.52. The summed E-state index contributed by atoms with van der Waals surface area (Å²) in [6.07, 6.45) is 2.04. The third-order valence-electron chi connectivity index (χ3n) is 4.25. The lowest BCUT2D eigenvalue weighted by Crippen LogP contribution is -2.51. The van der Waals surface area contributed by atoms with Gasteiger partial charge in [0, 0.05) is 17.6 Å². The van der Waals surface area contributed by atoms with Gasteiger partial charge in [0.1, 0.15) is 0 Å². The molecule has 1 aromatic carbocycles. The van der Waals surface area contributed by atoms with Crippen molar-refractivity contribution in [3.05, 3.63) is 17.7 Å². The van der Waals surface area contributed by atoms with Crippen molar-refractivity contribution in [2.75, 3.05) is 26.4 Å². The van der Waals surface area contributed by atoms with E-state index in [2.05, 4.69) is 17.6 Å². The lowest BCUT2D eigenvalue weighted by molar-refractivity contribution is 0.0918. The van der Waals surface area contributed by atoms with E-state index >= 15 is 0 Å². The number of benzene rings is 1. The van der Waals surface area contributed by atoms with Crippen LogP contribution < -0.4 is 24.8 Å². The van der Waals surface area contributed by atoms with Crippen LogP contribution in [0.4, 0.5) is 0 Å². The second kappa shape index (κ2) is 9.51. The molecule has 1 aliphatic rings. The molecule has 2 unspecified atom stereocenters. The van der Waals surface area contributed by atoms with Gasteiger partial charge in [0.25, 0.3) is 5.91 Å². The van der Waals surface area contributed by atoms with Crippen LogP contribution in [0.15, 0.2) is 12.1 Å². The maximum Gasteiger partial charge on any atom is 0.251 e. The zero-order chi connectivity index (χ0) is 18.2. The second-order valence-corrected chi connectivity index (χ2v) is 6.07. The Morgan fingerprint density at radius 2 is 1.72 bits per heavy atom. The van der Waals surface area contributed by atoms with E-state index in [4.69, 9.17) is 14.2 Å². The van der Waals surface area contributed by atoms with Gasteiger partial charge in [-0.2, -0.15) is 0 Å². The molecule has 1 heterocycles. The number of hydrogen-bond acceptors (Lipinski definition) is 5. The smallest absolute Gasteiger partial charge is 0.251 e. The number of amides is 1. The van der Waals surface area contributed by atoms with Gasteiger partial charge in [0.2, 0.25) is 5.75 Å². The Morgan fingerprint density at radius 1 is 1.12 bits per heavy atom. The van der Waals surface area contributed by atoms with Crippen LogP contribution in [-0.2, 0) is 0 Å². The molecular weight excluding hydrogens is 320 g/mol. The van der Waals surface area contributed by atoms with E-state index in [1.807, 2.05) is 20.8 Å². The lowest BCUT2D eigenvalue weighted by Gasteiger charge is -2.30. The van der Waals surface area contributed by atoms with Crippen molar-refractivity contribution in [3.63, 3.8) is 0 Å². The average molecular weight is 350 g/mol. The Balaban J connectivity index is 2.27. The van der Waals surface area contributed by atoms with Gasteiger partial charge in [-0.3, -0.25) is 4.79 Å². The van der Waals surface area contributed by atoms with Gasteiger partial charge >= 0.3 is 0 Å². The Hall–Kier alpha value is -1.95. The minimum Gasteiger partial charge on any atom is -0.490 e. The zero-order valence-corrected chi connectivity index (χ0v) is 15.7. The fourth-order valence-corrected chi connectivity index (χ4v) is 3.01. The molecular formula is C19H30N2O4. The van der Waals surface area contributed by atoms with Crippen LogP contribution in [0.25, 0.3) is 0 Å². The topological polar surface area (TPSA) is 68.8 Å². The van der Waals surface area contributed by atoms with E-state index in [-0.39, 0.29) is 18.0 Å². The van der Waals surface area contributed by atoms with E-state index in [0.29, 0.717) is 42.6 Å². The number of hydrogen-bond donors (Lipinski definition) is 2. The van der Waals surface area contributed by atoms with Gasteiger partial charge in [-0.25, -0.2) is 0 Å². The molecule has 6 nitrogen and oxygen atoms in total. The number of rotatable bonds is 8. The van der Waals surface area contributed by atoms with E-state index in [1.54, 1.807) is 12.1 Å². The molecule has 2 N–H and O–H groups in total. The van der Waals surface area contributed by atoms with Crippen LogP contribution >= 0.6 is 0 Å². The predicted octanol–water partition coefficient (Wildman–Crippen LogP) is 2.75. The molecule has 1 saturated heterocycles. The Labute approximate surface area is 150 Å². The van der Waals surface area contributed by atoms with E-state index < -0.39 is 0 Å². The molecule has 0 radical (unpaired) electrons. The highest BCUT2D eigenvalue weighted by molar-refractivity contribution is 5.95. The minimum absolute atomic E-state index is 0.120. The predicted molar refractivity (Wildman–Crippen MR) is 97.9 cm³/mol. The summed E-state index contributed by atoms with van der Waals surface area (Å²) < 4.78 is 17.0. The van der Waals surface area contributed by atoms with Gasteiger partial charge in [-0.05, 0) is 59.2 Å². The number of nitrogens with one attached hydrogen (secondary N) is 2. The highest BCUT2D eigenvalue weighted by Crippen LogP contribution is 2.39. The fraction of sp³-hybridized carbons (Fsp3) is 0.632. The molecule has 0 spiro atoms. The van der Waals surface area contributed by atoms with Crippen LogP contribution in [-0.4, -0.2) is 44.4 Å². The van der Waals surface area contributed by atoms with E-state index in [0.717, 1.165) is 19.4 Å². The number of carbonyl (C=O) groups excluding carboxylic acids is 1. The molecule has 1 aliphatic heterocycles. The first-order chi connectivity index (χ1) is 12.1. The number of piperidine rings is 1. The van der Waals surface area contributed by atoms with Crippen LogP contribution in [0.5, 0.6) is 17.2 Å². The molecule has 2 rings (SSSR count). The SMILES string of the molecule is CCOc1cc(C(=O)NC2CCCNC2C)cc(OCC)c1OCC. The first kappa shape index (κ1) is 19.4. The molecule has 2 atom stereocenters. The summed E-state index contributed by atoms with van der Waals surface area (Å²) in [5.41, 5.74) is 0.521. The molecule has 25 heavy (non-hydrogen) atoms. The summed E-state index contributed by atoms with van der Waals surface area (Å²) in [7, 11) is 0.